The minimum atomic E-state index is 0.222. The average Bonchev–Trinajstić information content (AvgIpc) is 2.37. The Morgan fingerprint density at radius 2 is 2.12 bits per heavy atom. The summed E-state index contributed by atoms with van der Waals surface area (Å²) in [5.74, 6) is 0.470. The Morgan fingerprint density at radius 1 is 1.41 bits per heavy atom. The molecule has 4 heteroatoms. The van der Waals surface area contributed by atoms with E-state index in [1.165, 1.54) is 0 Å². The molecule has 0 fully saturated rings. The fourth-order valence-electron chi connectivity index (χ4n) is 1.48. The lowest BCUT2D eigenvalue weighted by Gasteiger charge is -2.16. The molecule has 0 heterocycles. The SMILES string of the molecule is CCC(COC)NC(N)=NCc1ccccc1. The van der Waals surface area contributed by atoms with Crippen LogP contribution in [0.3, 0.4) is 0 Å². The van der Waals surface area contributed by atoms with E-state index in [0.717, 1.165) is 12.0 Å². The number of rotatable bonds is 6. The zero-order valence-electron chi connectivity index (χ0n) is 10.5. The van der Waals surface area contributed by atoms with Crippen molar-refractivity contribution in [3.63, 3.8) is 0 Å². The Morgan fingerprint density at radius 3 is 2.71 bits per heavy atom. The molecule has 1 aromatic rings. The van der Waals surface area contributed by atoms with Crippen LogP contribution in [0, 0.1) is 0 Å². The number of ether oxygens (including phenoxy) is 1. The number of aliphatic imine (C=N–C) groups is 1. The average molecular weight is 235 g/mol. The zero-order valence-corrected chi connectivity index (χ0v) is 10.5. The van der Waals surface area contributed by atoms with E-state index in [0.29, 0.717) is 19.1 Å². The molecule has 0 amide bonds. The minimum Gasteiger partial charge on any atom is -0.383 e. The van der Waals surface area contributed by atoms with Gasteiger partial charge in [0, 0.05) is 7.11 Å². The van der Waals surface area contributed by atoms with E-state index in [1.54, 1.807) is 7.11 Å². The standard InChI is InChI=1S/C13H21N3O/c1-3-12(10-17-2)16-13(14)15-9-11-7-5-4-6-8-11/h4-8,12H,3,9-10H2,1-2H3,(H3,14,15,16). The molecular weight excluding hydrogens is 214 g/mol. The van der Waals surface area contributed by atoms with Crippen LogP contribution in [0.15, 0.2) is 35.3 Å². The molecule has 3 N–H and O–H groups in total. The fraction of sp³-hybridized carbons (Fsp3) is 0.462. The zero-order chi connectivity index (χ0) is 12.5. The summed E-state index contributed by atoms with van der Waals surface area (Å²) in [4.78, 5) is 4.29. The van der Waals surface area contributed by atoms with Crippen molar-refractivity contribution in [3.8, 4) is 0 Å². The lowest BCUT2D eigenvalue weighted by Crippen LogP contribution is -2.42. The number of hydrogen-bond acceptors (Lipinski definition) is 2. The van der Waals surface area contributed by atoms with E-state index < -0.39 is 0 Å². The third-order valence-electron chi connectivity index (χ3n) is 2.49. The maximum Gasteiger partial charge on any atom is 0.189 e. The van der Waals surface area contributed by atoms with Gasteiger partial charge in [0.25, 0.3) is 0 Å². The smallest absolute Gasteiger partial charge is 0.189 e. The molecule has 0 aliphatic heterocycles. The Bertz CT molecular complexity index is 338. The summed E-state index contributed by atoms with van der Waals surface area (Å²) >= 11 is 0. The minimum absolute atomic E-state index is 0.222. The van der Waals surface area contributed by atoms with Gasteiger partial charge < -0.3 is 15.8 Å². The van der Waals surface area contributed by atoms with Gasteiger partial charge in [-0.05, 0) is 12.0 Å². The highest BCUT2D eigenvalue weighted by molar-refractivity contribution is 5.78. The van der Waals surface area contributed by atoms with E-state index in [-0.39, 0.29) is 6.04 Å². The maximum atomic E-state index is 5.81. The van der Waals surface area contributed by atoms with Crippen molar-refractivity contribution in [2.75, 3.05) is 13.7 Å². The number of nitrogens with two attached hydrogens (primary N) is 1. The number of guanidine groups is 1. The van der Waals surface area contributed by atoms with Gasteiger partial charge in [0.05, 0.1) is 19.2 Å². The first-order valence-corrected chi connectivity index (χ1v) is 5.85. The number of nitrogens with one attached hydrogen (secondary N) is 1. The van der Waals surface area contributed by atoms with Crippen LogP contribution in [0.25, 0.3) is 0 Å². The van der Waals surface area contributed by atoms with E-state index in [1.807, 2.05) is 30.3 Å². The first kappa shape index (κ1) is 13.5. The molecule has 0 aromatic heterocycles. The Labute approximate surface area is 103 Å². The number of methoxy groups -OCH3 is 1. The monoisotopic (exact) mass is 235 g/mol. The molecule has 0 bridgehead atoms. The summed E-state index contributed by atoms with van der Waals surface area (Å²) in [6.45, 7) is 3.32. The molecule has 0 radical (unpaired) electrons. The van der Waals surface area contributed by atoms with Crippen molar-refractivity contribution < 1.29 is 4.74 Å². The van der Waals surface area contributed by atoms with Gasteiger partial charge in [0.2, 0.25) is 0 Å². The second-order valence-corrected chi connectivity index (χ2v) is 3.89. The van der Waals surface area contributed by atoms with Gasteiger partial charge in [-0.15, -0.1) is 0 Å². The molecule has 17 heavy (non-hydrogen) atoms. The second kappa shape index (κ2) is 7.68. The Hall–Kier alpha value is -1.55. The number of nitrogens with zero attached hydrogens (tertiary/aromatic N) is 1. The van der Waals surface area contributed by atoms with Crippen molar-refractivity contribution in [1.82, 2.24) is 5.32 Å². The quantitative estimate of drug-likeness (QED) is 0.580. The highest BCUT2D eigenvalue weighted by atomic mass is 16.5. The van der Waals surface area contributed by atoms with Gasteiger partial charge in [-0.1, -0.05) is 37.3 Å². The molecule has 0 aliphatic carbocycles. The highest BCUT2D eigenvalue weighted by Crippen LogP contribution is 1.99. The summed E-state index contributed by atoms with van der Waals surface area (Å²) in [7, 11) is 1.68. The highest BCUT2D eigenvalue weighted by Gasteiger charge is 2.05. The molecule has 0 saturated heterocycles. The van der Waals surface area contributed by atoms with Crippen LogP contribution in [0.2, 0.25) is 0 Å². The van der Waals surface area contributed by atoms with Crippen molar-refractivity contribution in [1.29, 1.82) is 0 Å². The molecule has 1 unspecified atom stereocenters. The summed E-state index contributed by atoms with van der Waals surface area (Å²) < 4.78 is 5.09. The number of benzene rings is 1. The third-order valence-corrected chi connectivity index (χ3v) is 2.49. The van der Waals surface area contributed by atoms with Crippen molar-refractivity contribution >= 4 is 5.96 Å². The van der Waals surface area contributed by atoms with Gasteiger partial charge in [-0.25, -0.2) is 4.99 Å². The van der Waals surface area contributed by atoms with Gasteiger partial charge in [-0.2, -0.15) is 0 Å². The molecule has 0 spiro atoms. The summed E-state index contributed by atoms with van der Waals surface area (Å²) in [5, 5.41) is 3.14. The third kappa shape index (κ3) is 5.36. The van der Waals surface area contributed by atoms with E-state index in [9.17, 15) is 0 Å². The predicted octanol–water partition coefficient (Wildman–Crippen LogP) is 1.52. The first-order chi connectivity index (χ1) is 8.26. The molecule has 4 nitrogen and oxygen atoms in total. The molecule has 0 saturated carbocycles. The molecular formula is C13H21N3O. The summed E-state index contributed by atoms with van der Waals surface area (Å²) in [6.07, 6.45) is 0.954. The molecule has 94 valence electrons. The van der Waals surface area contributed by atoms with Crippen LogP contribution in [-0.4, -0.2) is 25.7 Å². The lowest BCUT2D eigenvalue weighted by atomic mass is 10.2. The number of hydrogen-bond donors (Lipinski definition) is 2. The second-order valence-electron chi connectivity index (χ2n) is 3.89. The Balaban J connectivity index is 2.43. The van der Waals surface area contributed by atoms with Crippen LogP contribution in [0.1, 0.15) is 18.9 Å². The van der Waals surface area contributed by atoms with Crippen molar-refractivity contribution in [2.24, 2.45) is 10.7 Å². The maximum absolute atomic E-state index is 5.81. The van der Waals surface area contributed by atoms with Gasteiger partial charge in [0.1, 0.15) is 0 Å². The van der Waals surface area contributed by atoms with E-state index in [2.05, 4.69) is 17.2 Å². The van der Waals surface area contributed by atoms with Crippen molar-refractivity contribution in [2.45, 2.75) is 25.9 Å². The first-order valence-electron chi connectivity index (χ1n) is 5.85. The van der Waals surface area contributed by atoms with E-state index in [4.69, 9.17) is 10.5 Å². The largest absolute Gasteiger partial charge is 0.383 e. The van der Waals surface area contributed by atoms with Crippen LogP contribution < -0.4 is 11.1 Å². The predicted molar refractivity (Wildman–Crippen MR) is 70.9 cm³/mol. The van der Waals surface area contributed by atoms with Crippen LogP contribution >= 0.6 is 0 Å². The topological polar surface area (TPSA) is 59.6 Å². The molecule has 1 atom stereocenters. The van der Waals surface area contributed by atoms with Gasteiger partial charge >= 0.3 is 0 Å². The van der Waals surface area contributed by atoms with Gasteiger partial charge in [0.15, 0.2) is 5.96 Å². The summed E-state index contributed by atoms with van der Waals surface area (Å²) in [6, 6.07) is 10.3. The summed E-state index contributed by atoms with van der Waals surface area (Å²) in [5.41, 5.74) is 6.96. The normalized spacial score (nSPS) is 13.4. The Kier molecular flexibility index (Phi) is 6.10. The van der Waals surface area contributed by atoms with Crippen LogP contribution in [-0.2, 0) is 11.3 Å². The van der Waals surface area contributed by atoms with Crippen molar-refractivity contribution in [3.05, 3.63) is 35.9 Å². The van der Waals surface area contributed by atoms with Crippen LogP contribution in [0.5, 0.6) is 0 Å². The molecule has 1 aromatic carbocycles. The van der Waals surface area contributed by atoms with Crippen LogP contribution in [0.4, 0.5) is 0 Å². The lowest BCUT2D eigenvalue weighted by molar-refractivity contribution is 0.172. The van der Waals surface area contributed by atoms with Gasteiger partial charge in [-0.3, -0.25) is 0 Å². The fourth-order valence-corrected chi connectivity index (χ4v) is 1.48. The van der Waals surface area contributed by atoms with E-state index >= 15 is 0 Å². The molecule has 1 rings (SSSR count). The molecule has 0 aliphatic rings.